The van der Waals surface area contributed by atoms with Gasteiger partial charge in [-0.3, -0.25) is 0 Å². The highest BCUT2D eigenvalue weighted by molar-refractivity contribution is 8.03. The summed E-state index contributed by atoms with van der Waals surface area (Å²) in [5.74, 6) is 4.02. The van der Waals surface area contributed by atoms with E-state index < -0.39 is 0 Å². The summed E-state index contributed by atoms with van der Waals surface area (Å²) in [6.45, 7) is 1.78. The molecule has 1 aromatic carbocycles. The van der Waals surface area contributed by atoms with Crippen LogP contribution in [0, 0.1) is 11.2 Å². The minimum atomic E-state index is 0.591. The number of anilines is 2. The maximum atomic E-state index is 5.24. The number of hydrogen-bond acceptors (Lipinski definition) is 5. The van der Waals surface area contributed by atoms with Gasteiger partial charge in [-0.1, -0.05) is 24.1 Å². The fourth-order valence-electron chi connectivity index (χ4n) is 1.40. The van der Waals surface area contributed by atoms with E-state index in [9.17, 15) is 0 Å². The van der Waals surface area contributed by atoms with Crippen LogP contribution in [0.15, 0.2) is 41.7 Å². The summed E-state index contributed by atoms with van der Waals surface area (Å²) < 4.78 is 5.24. The summed E-state index contributed by atoms with van der Waals surface area (Å²) >= 11 is 1.29. The molecule has 0 saturated heterocycles. The van der Waals surface area contributed by atoms with E-state index in [0.717, 1.165) is 5.69 Å². The number of ether oxygens (including phenoxy) is 1. The van der Waals surface area contributed by atoms with Crippen LogP contribution in [0.2, 0.25) is 0 Å². The van der Waals surface area contributed by atoms with E-state index in [0.29, 0.717) is 16.7 Å². The topological polar surface area (TPSA) is 47.0 Å². The van der Waals surface area contributed by atoms with Crippen molar-refractivity contribution in [3.8, 4) is 16.9 Å². The van der Waals surface area contributed by atoms with Crippen molar-refractivity contribution in [2.75, 3.05) is 12.4 Å². The van der Waals surface area contributed by atoms with E-state index in [1.165, 1.54) is 11.8 Å². The number of para-hydroxylation sites is 1. The lowest BCUT2D eigenvalue weighted by Gasteiger charge is -2.10. The second-order valence-electron chi connectivity index (χ2n) is 3.51. The van der Waals surface area contributed by atoms with E-state index in [2.05, 4.69) is 26.5 Å². The van der Waals surface area contributed by atoms with Gasteiger partial charge in [0.05, 0.1) is 13.3 Å². The summed E-state index contributed by atoms with van der Waals surface area (Å²) in [7, 11) is 1.59. The van der Waals surface area contributed by atoms with Gasteiger partial charge in [0.15, 0.2) is 11.6 Å². The van der Waals surface area contributed by atoms with E-state index >= 15 is 0 Å². The van der Waals surface area contributed by atoms with Crippen LogP contribution in [0.1, 0.15) is 6.92 Å². The van der Waals surface area contributed by atoms with E-state index in [-0.39, 0.29) is 0 Å². The average molecular weight is 271 g/mol. The predicted molar refractivity (Wildman–Crippen MR) is 77.6 cm³/mol. The molecule has 0 aliphatic heterocycles. The first kappa shape index (κ1) is 13.2. The van der Waals surface area contributed by atoms with E-state index in [4.69, 9.17) is 4.74 Å². The van der Waals surface area contributed by atoms with Gasteiger partial charge in [-0.25, -0.2) is 9.97 Å². The van der Waals surface area contributed by atoms with Crippen molar-refractivity contribution in [3.05, 3.63) is 36.5 Å². The normalized spacial score (nSPS) is 9.37. The smallest absolute Gasteiger partial charge is 0.202 e. The number of thioether (sulfide) groups is 1. The molecule has 19 heavy (non-hydrogen) atoms. The molecular formula is C14H13N3OS. The van der Waals surface area contributed by atoms with Crippen LogP contribution in [0.4, 0.5) is 11.5 Å². The molecule has 0 unspecified atom stereocenters. The van der Waals surface area contributed by atoms with Crippen LogP contribution in [0.5, 0.6) is 5.75 Å². The zero-order valence-electron chi connectivity index (χ0n) is 10.7. The third kappa shape index (κ3) is 3.63. The Morgan fingerprint density at radius 3 is 2.74 bits per heavy atom. The lowest BCUT2D eigenvalue weighted by Crippen LogP contribution is -1.99. The first-order chi connectivity index (χ1) is 9.33. The Bertz CT molecular complexity index is 605. The number of aromatic nitrogens is 2. The Balaban J connectivity index is 2.27. The minimum absolute atomic E-state index is 0.591. The fourth-order valence-corrected chi connectivity index (χ4v) is 1.83. The van der Waals surface area contributed by atoms with Crippen LogP contribution in [0.3, 0.4) is 0 Å². The quantitative estimate of drug-likeness (QED) is 0.525. The molecule has 0 amide bonds. The van der Waals surface area contributed by atoms with E-state index in [1.54, 1.807) is 20.2 Å². The molecule has 96 valence electrons. The molecule has 0 fully saturated rings. The molecular weight excluding hydrogens is 258 g/mol. The third-order valence-corrected chi connectivity index (χ3v) is 2.92. The molecule has 0 aliphatic rings. The third-order valence-electron chi connectivity index (χ3n) is 2.23. The predicted octanol–water partition coefficient (Wildman–Crippen LogP) is 3.30. The molecule has 1 aromatic heterocycles. The molecule has 0 spiro atoms. The highest BCUT2D eigenvalue weighted by atomic mass is 32.2. The fraction of sp³-hybridized carbons (Fsp3) is 0.143. The standard InChI is InChI=1S/C14H13N3OS/c1-3-9-19-14-15-10-12(18-2)13(17-14)16-11-7-5-4-6-8-11/h4-8,10H,1-2H3,(H,15,16,17). The molecule has 1 heterocycles. The molecule has 0 atom stereocenters. The van der Waals surface area contributed by atoms with Crippen molar-refractivity contribution in [3.63, 3.8) is 0 Å². The monoisotopic (exact) mass is 271 g/mol. The Labute approximate surface area is 116 Å². The molecule has 1 N–H and O–H groups in total. The first-order valence-corrected chi connectivity index (χ1v) is 6.47. The van der Waals surface area contributed by atoms with Crippen LogP contribution < -0.4 is 10.1 Å². The van der Waals surface area contributed by atoms with Gasteiger partial charge in [0.25, 0.3) is 0 Å². The average Bonchev–Trinajstić information content (AvgIpc) is 2.46. The second-order valence-corrected chi connectivity index (χ2v) is 4.29. The number of benzene rings is 1. The van der Waals surface area contributed by atoms with Crippen LogP contribution in [-0.4, -0.2) is 17.1 Å². The molecule has 0 aliphatic carbocycles. The Kier molecular flexibility index (Phi) is 4.65. The molecule has 4 nitrogen and oxygen atoms in total. The molecule has 5 heteroatoms. The van der Waals surface area contributed by atoms with Gasteiger partial charge in [-0.05, 0) is 24.3 Å². The number of rotatable bonds is 4. The highest BCUT2D eigenvalue weighted by Crippen LogP contribution is 2.26. The lowest BCUT2D eigenvalue weighted by atomic mass is 10.3. The lowest BCUT2D eigenvalue weighted by molar-refractivity contribution is 0.411. The largest absolute Gasteiger partial charge is 0.491 e. The first-order valence-electron chi connectivity index (χ1n) is 5.65. The summed E-state index contributed by atoms with van der Waals surface area (Å²) in [4.78, 5) is 8.56. The second kappa shape index (κ2) is 6.66. The number of nitrogens with one attached hydrogen (secondary N) is 1. The summed E-state index contributed by atoms with van der Waals surface area (Å²) in [6, 6.07) is 9.78. The van der Waals surface area contributed by atoms with Crippen LogP contribution in [0.25, 0.3) is 0 Å². The van der Waals surface area contributed by atoms with Gasteiger partial charge in [0, 0.05) is 17.4 Å². The van der Waals surface area contributed by atoms with Crippen molar-refractivity contribution >= 4 is 23.3 Å². The maximum Gasteiger partial charge on any atom is 0.202 e. The zero-order valence-corrected chi connectivity index (χ0v) is 11.5. The van der Waals surface area contributed by atoms with Crippen molar-refractivity contribution in [2.24, 2.45) is 0 Å². The maximum absolute atomic E-state index is 5.24. The van der Waals surface area contributed by atoms with Crippen molar-refractivity contribution in [1.29, 1.82) is 0 Å². The molecule has 2 rings (SSSR count). The molecule has 2 aromatic rings. The Morgan fingerprint density at radius 2 is 2.05 bits per heavy atom. The van der Waals surface area contributed by atoms with Crippen molar-refractivity contribution in [1.82, 2.24) is 9.97 Å². The SMILES string of the molecule is CC#CSc1ncc(OC)c(Nc2ccccc2)n1. The summed E-state index contributed by atoms with van der Waals surface area (Å²) in [5.41, 5.74) is 0.942. The molecule has 0 bridgehead atoms. The molecule has 0 saturated carbocycles. The van der Waals surface area contributed by atoms with Gasteiger partial charge >= 0.3 is 0 Å². The van der Waals surface area contributed by atoms with Gasteiger partial charge in [-0.2, -0.15) is 0 Å². The van der Waals surface area contributed by atoms with E-state index in [1.807, 2.05) is 30.3 Å². The Hall–Kier alpha value is -2.19. The summed E-state index contributed by atoms with van der Waals surface area (Å²) in [5, 5.41) is 6.66. The highest BCUT2D eigenvalue weighted by Gasteiger charge is 2.07. The van der Waals surface area contributed by atoms with Gasteiger partial charge in [-0.15, -0.1) is 0 Å². The number of nitrogens with zero attached hydrogens (tertiary/aromatic N) is 2. The van der Waals surface area contributed by atoms with Crippen molar-refractivity contribution < 1.29 is 4.74 Å². The zero-order chi connectivity index (χ0) is 13.5. The van der Waals surface area contributed by atoms with Gasteiger partial charge in [0.2, 0.25) is 5.16 Å². The summed E-state index contributed by atoms with van der Waals surface area (Å²) in [6.07, 6.45) is 1.64. The molecule has 0 radical (unpaired) electrons. The minimum Gasteiger partial charge on any atom is -0.491 e. The van der Waals surface area contributed by atoms with Crippen LogP contribution >= 0.6 is 11.8 Å². The van der Waals surface area contributed by atoms with Crippen LogP contribution in [-0.2, 0) is 0 Å². The van der Waals surface area contributed by atoms with Gasteiger partial charge in [0.1, 0.15) is 0 Å². The number of methoxy groups -OCH3 is 1. The number of hydrogen-bond donors (Lipinski definition) is 1. The van der Waals surface area contributed by atoms with Gasteiger partial charge < -0.3 is 10.1 Å². The van der Waals surface area contributed by atoms with Crippen molar-refractivity contribution in [2.45, 2.75) is 12.1 Å². The Morgan fingerprint density at radius 1 is 1.26 bits per heavy atom.